The first-order chi connectivity index (χ1) is 9.05. The van der Waals surface area contributed by atoms with E-state index in [0.29, 0.717) is 23.7 Å². The van der Waals surface area contributed by atoms with Gasteiger partial charge in [-0.2, -0.15) is 9.52 Å². The van der Waals surface area contributed by atoms with Crippen LogP contribution in [0, 0.1) is 0 Å². The van der Waals surface area contributed by atoms with Crippen molar-refractivity contribution in [2.45, 2.75) is 12.5 Å². The predicted molar refractivity (Wildman–Crippen MR) is 68.0 cm³/mol. The van der Waals surface area contributed by atoms with Gasteiger partial charge < -0.3 is 8.83 Å². The lowest BCUT2D eigenvalue weighted by Gasteiger charge is -2.18. The molecular formula is C12H12N2O4S. The number of hydrogen-bond acceptors (Lipinski definition) is 5. The Balaban J connectivity index is 2.00. The molecule has 2 aromatic heterocycles. The van der Waals surface area contributed by atoms with Crippen LogP contribution in [-0.2, 0) is 10.0 Å². The first kappa shape index (κ1) is 12.0. The van der Waals surface area contributed by atoms with Gasteiger partial charge in [-0.3, -0.25) is 0 Å². The van der Waals surface area contributed by atoms with E-state index in [0.717, 1.165) is 10.7 Å². The van der Waals surface area contributed by atoms with E-state index in [9.17, 15) is 8.42 Å². The summed E-state index contributed by atoms with van der Waals surface area (Å²) in [7, 11) is -3.46. The molecule has 0 amide bonds. The molecule has 2 aromatic rings. The third-order valence-electron chi connectivity index (χ3n) is 2.89. The smallest absolute Gasteiger partial charge is 0.247 e. The van der Waals surface area contributed by atoms with E-state index >= 15 is 0 Å². The molecule has 3 heterocycles. The predicted octanol–water partition coefficient (Wildman–Crippen LogP) is 1.98. The Labute approximate surface area is 110 Å². The van der Waals surface area contributed by atoms with Gasteiger partial charge in [-0.15, -0.1) is 0 Å². The van der Waals surface area contributed by atoms with Crippen LogP contribution >= 0.6 is 0 Å². The average Bonchev–Trinajstić information content (AvgIpc) is 3.09. The van der Waals surface area contributed by atoms with Crippen molar-refractivity contribution in [2.24, 2.45) is 5.10 Å². The first-order valence-electron chi connectivity index (χ1n) is 5.70. The van der Waals surface area contributed by atoms with Gasteiger partial charge in [-0.05, 0) is 24.3 Å². The van der Waals surface area contributed by atoms with Crippen LogP contribution in [0.1, 0.15) is 24.0 Å². The summed E-state index contributed by atoms with van der Waals surface area (Å²) in [5.41, 5.74) is 0.594. The lowest BCUT2D eigenvalue weighted by Crippen LogP contribution is -2.25. The molecule has 1 aliphatic rings. The summed E-state index contributed by atoms with van der Waals surface area (Å²) < 4.78 is 35.2. The van der Waals surface area contributed by atoms with Gasteiger partial charge in [0.15, 0.2) is 0 Å². The van der Waals surface area contributed by atoms with E-state index < -0.39 is 16.1 Å². The fourth-order valence-electron chi connectivity index (χ4n) is 2.08. The molecule has 0 fully saturated rings. The van der Waals surface area contributed by atoms with Crippen LogP contribution in [0.3, 0.4) is 0 Å². The van der Waals surface area contributed by atoms with Gasteiger partial charge in [0.05, 0.1) is 18.8 Å². The molecule has 0 radical (unpaired) electrons. The molecule has 0 aliphatic carbocycles. The third-order valence-corrected chi connectivity index (χ3v) is 3.91. The molecule has 3 rings (SSSR count). The molecule has 0 saturated heterocycles. The second kappa shape index (κ2) is 4.27. The van der Waals surface area contributed by atoms with Crippen molar-refractivity contribution < 1.29 is 17.3 Å². The molecule has 19 heavy (non-hydrogen) atoms. The van der Waals surface area contributed by atoms with Crippen molar-refractivity contribution in [1.29, 1.82) is 0 Å². The van der Waals surface area contributed by atoms with Gasteiger partial charge in [0.2, 0.25) is 10.0 Å². The topological polar surface area (TPSA) is 76.0 Å². The van der Waals surface area contributed by atoms with Crippen LogP contribution in [0.25, 0.3) is 0 Å². The van der Waals surface area contributed by atoms with Crippen molar-refractivity contribution >= 4 is 15.7 Å². The summed E-state index contributed by atoms with van der Waals surface area (Å²) in [5.74, 6) is 1.14. The van der Waals surface area contributed by atoms with Gasteiger partial charge in [0.25, 0.3) is 0 Å². The maximum absolute atomic E-state index is 11.8. The highest BCUT2D eigenvalue weighted by molar-refractivity contribution is 7.88. The van der Waals surface area contributed by atoms with Gasteiger partial charge in [-0.25, -0.2) is 8.42 Å². The van der Waals surface area contributed by atoms with Gasteiger partial charge in [0.1, 0.15) is 23.3 Å². The second-order valence-corrected chi connectivity index (χ2v) is 6.14. The number of rotatable bonds is 3. The highest BCUT2D eigenvalue weighted by atomic mass is 32.2. The van der Waals surface area contributed by atoms with Crippen LogP contribution < -0.4 is 0 Å². The number of hydrogen-bond donors (Lipinski definition) is 0. The summed E-state index contributed by atoms with van der Waals surface area (Å²) in [6.07, 6.45) is 4.59. The number of furan rings is 2. The largest absolute Gasteiger partial charge is 0.467 e. The first-order valence-corrected chi connectivity index (χ1v) is 7.55. The average molecular weight is 280 g/mol. The van der Waals surface area contributed by atoms with E-state index in [-0.39, 0.29) is 0 Å². The minimum absolute atomic E-state index is 0.425. The van der Waals surface area contributed by atoms with E-state index in [1.54, 1.807) is 24.3 Å². The Morgan fingerprint density at radius 3 is 2.58 bits per heavy atom. The summed E-state index contributed by atoms with van der Waals surface area (Å²) in [6.45, 7) is 0. The number of sulfonamides is 1. The van der Waals surface area contributed by atoms with Crippen molar-refractivity contribution in [3.05, 3.63) is 48.3 Å². The molecule has 6 nitrogen and oxygen atoms in total. The molecule has 0 aromatic carbocycles. The zero-order valence-electron chi connectivity index (χ0n) is 10.2. The summed E-state index contributed by atoms with van der Waals surface area (Å²) in [5, 5.41) is 4.15. The molecule has 0 N–H and O–H groups in total. The summed E-state index contributed by atoms with van der Waals surface area (Å²) in [4.78, 5) is 0. The maximum atomic E-state index is 11.8. The van der Waals surface area contributed by atoms with Crippen LogP contribution in [0.4, 0.5) is 0 Å². The van der Waals surface area contributed by atoms with E-state index in [4.69, 9.17) is 8.83 Å². The Hall–Kier alpha value is -2.02. The van der Waals surface area contributed by atoms with Crippen molar-refractivity contribution in [1.82, 2.24) is 4.41 Å². The second-order valence-electron chi connectivity index (χ2n) is 4.29. The molecule has 100 valence electrons. The van der Waals surface area contributed by atoms with Gasteiger partial charge >= 0.3 is 0 Å². The Morgan fingerprint density at radius 1 is 1.26 bits per heavy atom. The molecular weight excluding hydrogens is 268 g/mol. The van der Waals surface area contributed by atoms with Crippen LogP contribution in [0.15, 0.2) is 50.7 Å². The quantitative estimate of drug-likeness (QED) is 0.861. The Morgan fingerprint density at radius 2 is 2.00 bits per heavy atom. The van der Waals surface area contributed by atoms with Crippen molar-refractivity contribution in [3.8, 4) is 0 Å². The lowest BCUT2D eigenvalue weighted by molar-refractivity contribution is 0.322. The highest BCUT2D eigenvalue weighted by Crippen LogP contribution is 2.34. The van der Waals surface area contributed by atoms with Crippen molar-refractivity contribution in [2.75, 3.05) is 6.26 Å². The SMILES string of the molecule is CS(=O)(=O)N1N=C(c2ccco2)C[C@H]1c1ccco1. The lowest BCUT2D eigenvalue weighted by atomic mass is 10.1. The highest BCUT2D eigenvalue weighted by Gasteiger charge is 2.36. The third kappa shape index (κ3) is 2.17. The Kier molecular flexibility index (Phi) is 2.70. The number of hydrazone groups is 1. The minimum atomic E-state index is -3.46. The monoisotopic (exact) mass is 280 g/mol. The van der Waals surface area contributed by atoms with E-state index in [1.807, 2.05) is 0 Å². The normalized spacial score (nSPS) is 19.7. The van der Waals surface area contributed by atoms with Crippen molar-refractivity contribution in [3.63, 3.8) is 0 Å². The molecule has 7 heteroatoms. The summed E-state index contributed by atoms with van der Waals surface area (Å²) in [6, 6.07) is 6.50. The fraction of sp³-hybridized carbons (Fsp3) is 0.250. The fourth-order valence-corrected chi connectivity index (χ4v) is 2.97. The van der Waals surface area contributed by atoms with Gasteiger partial charge in [0, 0.05) is 6.42 Å². The van der Waals surface area contributed by atoms with Crippen LogP contribution in [0.5, 0.6) is 0 Å². The molecule has 1 atom stereocenters. The Bertz CT molecular complexity index is 686. The number of nitrogens with zero attached hydrogens (tertiary/aromatic N) is 2. The molecule has 0 spiro atoms. The minimum Gasteiger partial charge on any atom is -0.467 e. The molecule has 0 bridgehead atoms. The zero-order valence-corrected chi connectivity index (χ0v) is 11.0. The van der Waals surface area contributed by atoms with Crippen LogP contribution in [0.2, 0.25) is 0 Å². The summed E-state index contributed by atoms with van der Waals surface area (Å²) >= 11 is 0. The van der Waals surface area contributed by atoms with E-state index in [2.05, 4.69) is 5.10 Å². The van der Waals surface area contributed by atoms with E-state index in [1.165, 1.54) is 12.5 Å². The zero-order chi connectivity index (χ0) is 13.5. The van der Waals surface area contributed by atoms with Gasteiger partial charge in [-0.1, -0.05) is 0 Å². The maximum Gasteiger partial charge on any atom is 0.247 e. The molecule has 0 unspecified atom stereocenters. The molecule has 0 saturated carbocycles. The molecule has 1 aliphatic heterocycles. The standard InChI is InChI=1S/C12H12N2O4S/c1-19(15,16)14-10(12-5-3-7-18-12)8-9(13-14)11-4-2-6-17-11/h2-7,10H,8H2,1H3/t10-/m0/s1. The van der Waals surface area contributed by atoms with Crippen LogP contribution in [-0.4, -0.2) is 24.8 Å².